The van der Waals surface area contributed by atoms with Crippen LogP contribution in [0.3, 0.4) is 0 Å². The minimum atomic E-state index is -1.45. The van der Waals surface area contributed by atoms with Gasteiger partial charge < -0.3 is 33.6 Å². The van der Waals surface area contributed by atoms with Gasteiger partial charge in [-0.2, -0.15) is 0 Å². The largest absolute Gasteiger partial charge is 0.472 e. The minimum Gasteiger partial charge on any atom is -0.472 e. The maximum absolute atomic E-state index is 12.8. The molecule has 0 amide bonds. The number of hydrogen-bond acceptors (Lipinski definition) is 10. The molecule has 42 heavy (non-hydrogen) atoms. The van der Waals surface area contributed by atoms with Crippen LogP contribution in [0.4, 0.5) is 0 Å². The van der Waals surface area contributed by atoms with Crippen LogP contribution in [0.25, 0.3) is 0 Å². The summed E-state index contributed by atoms with van der Waals surface area (Å²) < 4.78 is 23.3. The van der Waals surface area contributed by atoms with Gasteiger partial charge in [0.15, 0.2) is 0 Å². The molecule has 3 fully saturated rings. The van der Waals surface area contributed by atoms with E-state index in [2.05, 4.69) is 6.08 Å². The number of aldehydes is 1. The lowest BCUT2D eigenvalue weighted by atomic mass is 9.35. The summed E-state index contributed by atoms with van der Waals surface area (Å²) in [5, 5.41) is 23.7. The highest BCUT2D eigenvalue weighted by Crippen LogP contribution is 2.74. The van der Waals surface area contributed by atoms with E-state index in [1.807, 2.05) is 26.8 Å². The zero-order valence-electron chi connectivity index (χ0n) is 25.3. The quantitative estimate of drug-likeness (QED) is 0.227. The Labute approximate surface area is 245 Å². The van der Waals surface area contributed by atoms with Gasteiger partial charge in [0.1, 0.15) is 30.7 Å². The summed E-state index contributed by atoms with van der Waals surface area (Å²) in [7, 11) is 0. The van der Waals surface area contributed by atoms with Gasteiger partial charge in [0.2, 0.25) is 0 Å². The van der Waals surface area contributed by atoms with Crippen LogP contribution in [0.1, 0.15) is 79.2 Å². The van der Waals surface area contributed by atoms with Crippen LogP contribution in [0.2, 0.25) is 0 Å². The lowest BCUT2D eigenvalue weighted by Gasteiger charge is -2.71. The third-order valence-corrected chi connectivity index (χ3v) is 11.6. The third-order valence-electron chi connectivity index (χ3n) is 11.6. The Hall–Kier alpha value is -2.98. The fourth-order valence-electron chi connectivity index (χ4n) is 9.88. The molecule has 1 aromatic heterocycles. The number of allylic oxidation sites excluding steroid dienone is 1. The summed E-state index contributed by atoms with van der Waals surface area (Å²) in [5.74, 6) is -3.23. The number of fused-ring (bicyclic) bond motifs is 5. The van der Waals surface area contributed by atoms with Gasteiger partial charge in [0.25, 0.3) is 0 Å². The van der Waals surface area contributed by atoms with Crippen LogP contribution in [-0.4, -0.2) is 64.9 Å². The van der Waals surface area contributed by atoms with Gasteiger partial charge in [-0.05, 0) is 37.3 Å². The van der Waals surface area contributed by atoms with Crippen molar-refractivity contribution in [1.29, 1.82) is 0 Å². The van der Waals surface area contributed by atoms with Crippen molar-refractivity contribution < 1.29 is 48.0 Å². The molecule has 1 aromatic rings. The highest BCUT2D eigenvalue weighted by Gasteiger charge is 2.77. The smallest absolute Gasteiger partial charge is 0.303 e. The van der Waals surface area contributed by atoms with Crippen molar-refractivity contribution in [2.45, 2.75) is 104 Å². The van der Waals surface area contributed by atoms with Gasteiger partial charge in [-0.25, -0.2) is 0 Å². The molecule has 5 rings (SSSR count). The number of rotatable bonds is 5. The molecule has 0 aromatic carbocycles. The van der Waals surface area contributed by atoms with Gasteiger partial charge in [-0.15, -0.1) is 0 Å². The number of hydrogen-bond donors (Lipinski definition) is 2. The van der Waals surface area contributed by atoms with Crippen molar-refractivity contribution in [1.82, 2.24) is 0 Å². The second-order valence-electron chi connectivity index (χ2n) is 13.6. The Kier molecular flexibility index (Phi) is 7.29. The zero-order chi connectivity index (χ0) is 31.0. The molecule has 1 heterocycles. The highest BCUT2D eigenvalue weighted by atomic mass is 16.6. The Morgan fingerprint density at radius 1 is 0.929 bits per heavy atom. The predicted octanol–water partition coefficient (Wildman–Crippen LogP) is 3.49. The molecular formula is C32H42O10. The first-order valence-corrected chi connectivity index (χ1v) is 14.6. The van der Waals surface area contributed by atoms with Gasteiger partial charge in [-0.1, -0.05) is 32.4 Å². The fourth-order valence-corrected chi connectivity index (χ4v) is 9.88. The van der Waals surface area contributed by atoms with E-state index in [9.17, 15) is 29.4 Å². The molecule has 0 radical (unpaired) electrons. The van der Waals surface area contributed by atoms with Crippen LogP contribution in [-0.2, 0) is 33.4 Å². The number of ether oxygens (including phenoxy) is 3. The summed E-state index contributed by atoms with van der Waals surface area (Å²) in [6.07, 6.45) is 1.61. The molecule has 0 bridgehead atoms. The zero-order valence-corrected chi connectivity index (χ0v) is 25.3. The van der Waals surface area contributed by atoms with E-state index in [1.165, 1.54) is 20.8 Å². The van der Waals surface area contributed by atoms with E-state index < -0.39 is 81.9 Å². The van der Waals surface area contributed by atoms with Crippen LogP contribution < -0.4 is 0 Å². The van der Waals surface area contributed by atoms with Crippen molar-refractivity contribution in [3.63, 3.8) is 0 Å². The average Bonchev–Trinajstić information content (AvgIpc) is 3.55. The summed E-state index contributed by atoms with van der Waals surface area (Å²) >= 11 is 0. The predicted molar refractivity (Wildman–Crippen MR) is 148 cm³/mol. The first-order valence-electron chi connectivity index (χ1n) is 14.6. The summed E-state index contributed by atoms with van der Waals surface area (Å²) in [6, 6.07) is 1.89. The van der Waals surface area contributed by atoms with Gasteiger partial charge in [0.05, 0.1) is 24.0 Å². The Balaban J connectivity index is 1.78. The van der Waals surface area contributed by atoms with Gasteiger partial charge >= 0.3 is 17.9 Å². The molecular weight excluding hydrogens is 544 g/mol. The standard InChI is InChI=1S/C32H42O10/c1-16(34)40-24-12-22-31(6,21-9-8-20(30(21,24)5)19-10-11-39-14-19)28(38)26(42-18(3)36)27-29(4,15-33)23(37)13-25(32(22,27)7)41-17(2)35/h9-11,14-15,20,22-28,37-38H,8,12-13H2,1-7H3/t20-,22-,23+,24-,25-,26+,27-,28+,29+,30-,31-,32-/m0/s1. The second-order valence-corrected chi connectivity index (χ2v) is 13.6. The molecule has 10 heteroatoms. The molecule has 2 N–H and O–H groups in total. The maximum Gasteiger partial charge on any atom is 0.303 e. The van der Waals surface area contributed by atoms with E-state index in [4.69, 9.17) is 18.6 Å². The van der Waals surface area contributed by atoms with E-state index in [0.29, 0.717) is 12.7 Å². The number of aliphatic hydroxyl groups excluding tert-OH is 2. The van der Waals surface area contributed by atoms with E-state index in [1.54, 1.807) is 19.5 Å². The first-order chi connectivity index (χ1) is 19.6. The van der Waals surface area contributed by atoms with Crippen molar-refractivity contribution in [2.75, 3.05) is 0 Å². The molecule has 0 aliphatic heterocycles. The lowest BCUT2D eigenvalue weighted by molar-refractivity contribution is -0.295. The second kappa shape index (κ2) is 10.0. The third kappa shape index (κ3) is 3.97. The van der Waals surface area contributed by atoms with E-state index >= 15 is 0 Å². The number of carbonyl (C=O) groups is 4. The van der Waals surface area contributed by atoms with Crippen LogP contribution in [0, 0.1) is 33.5 Å². The van der Waals surface area contributed by atoms with Crippen LogP contribution >= 0.6 is 0 Å². The molecule has 230 valence electrons. The molecule has 4 aliphatic carbocycles. The van der Waals surface area contributed by atoms with Crippen molar-refractivity contribution >= 4 is 24.2 Å². The van der Waals surface area contributed by atoms with Gasteiger partial charge in [-0.3, -0.25) is 14.4 Å². The first kappa shape index (κ1) is 30.5. The molecule has 0 unspecified atom stereocenters. The molecule has 0 spiro atoms. The normalized spacial score (nSPS) is 45.9. The summed E-state index contributed by atoms with van der Waals surface area (Å²) in [4.78, 5) is 50.4. The monoisotopic (exact) mass is 586 g/mol. The highest BCUT2D eigenvalue weighted by molar-refractivity contribution is 5.69. The van der Waals surface area contributed by atoms with Gasteiger partial charge in [0, 0.05) is 55.3 Å². The van der Waals surface area contributed by atoms with Crippen molar-refractivity contribution in [2.24, 2.45) is 33.5 Å². The summed E-state index contributed by atoms with van der Waals surface area (Å²) in [5.41, 5.74) is -2.57. The Morgan fingerprint density at radius 2 is 1.55 bits per heavy atom. The molecule has 10 nitrogen and oxygen atoms in total. The number of esters is 3. The summed E-state index contributed by atoms with van der Waals surface area (Å²) in [6.45, 7) is 11.3. The average molecular weight is 587 g/mol. The molecule has 12 atom stereocenters. The fraction of sp³-hybridized carbons (Fsp3) is 0.688. The maximum atomic E-state index is 12.8. The van der Waals surface area contributed by atoms with Crippen molar-refractivity contribution in [3.8, 4) is 0 Å². The number of furan rings is 1. The van der Waals surface area contributed by atoms with E-state index in [-0.39, 0.29) is 18.8 Å². The minimum absolute atomic E-state index is 0.0243. The van der Waals surface area contributed by atoms with Crippen LogP contribution in [0.15, 0.2) is 34.7 Å². The SMILES string of the molecule is CC(=O)O[C@H]1[C@@H](O)[C@@]2(C)C3=CC[C@@H](c4ccoc4)[C@]3(C)[C@@H](OC(C)=O)C[C@@H]2[C@@]2(C)[C@@H](OC(C)=O)C[C@@H](O)[C@@](C)(C=O)[C@H]12. The molecule has 4 aliphatic rings. The van der Waals surface area contributed by atoms with Crippen molar-refractivity contribution in [3.05, 3.63) is 35.8 Å². The Morgan fingerprint density at radius 3 is 2.10 bits per heavy atom. The van der Waals surface area contributed by atoms with E-state index in [0.717, 1.165) is 11.1 Å². The molecule has 3 saturated carbocycles. The molecule has 0 saturated heterocycles. The lowest BCUT2D eigenvalue weighted by Crippen LogP contribution is -2.76. The number of carbonyl (C=O) groups excluding carboxylic acids is 4. The van der Waals surface area contributed by atoms with Crippen LogP contribution in [0.5, 0.6) is 0 Å². The Bertz CT molecular complexity index is 1300. The topological polar surface area (TPSA) is 150 Å². The number of aliphatic hydroxyl groups is 2.